The maximum Gasteiger partial charge on any atom is 0.292 e. The molecule has 0 saturated heterocycles. The molecule has 0 fully saturated rings. The zero-order chi connectivity index (χ0) is 19.5. The summed E-state index contributed by atoms with van der Waals surface area (Å²) in [7, 11) is 0. The number of thiophene rings is 1. The summed E-state index contributed by atoms with van der Waals surface area (Å²) in [4.78, 5) is 32.6. The van der Waals surface area contributed by atoms with Crippen LogP contribution in [0.1, 0.15) is 29.6 Å². The molecule has 0 unspecified atom stereocenters. The number of aryl methyl sites for hydroxylation is 1. The number of hydrogen-bond donors (Lipinski definition) is 2. The molecule has 0 aromatic carbocycles. The predicted octanol–water partition coefficient (Wildman–Crippen LogP) is 3.48. The highest BCUT2D eigenvalue weighted by atomic mass is 32.1. The van der Waals surface area contributed by atoms with E-state index < -0.39 is 5.91 Å². The number of H-pyrrole nitrogens is 1. The smallest absolute Gasteiger partial charge is 0.292 e. The van der Waals surface area contributed by atoms with Gasteiger partial charge in [-0.05, 0) is 30.0 Å². The van der Waals surface area contributed by atoms with E-state index in [-0.39, 0.29) is 17.3 Å². The Kier molecular flexibility index (Phi) is 4.90. The molecule has 0 saturated carbocycles. The fraction of sp³-hybridized carbons (Fsp3) is 0.158. The first-order valence-electron chi connectivity index (χ1n) is 8.73. The second-order valence-corrected chi connectivity index (χ2v) is 6.99. The van der Waals surface area contributed by atoms with E-state index in [1.54, 1.807) is 18.2 Å². The Morgan fingerprint density at radius 1 is 1.32 bits per heavy atom. The Morgan fingerprint density at radius 3 is 2.93 bits per heavy atom. The van der Waals surface area contributed by atoms with Gasteiger partial charge in [-0.25, -0.2) is 4.98 Å². The number of carbonyl (C=O) groups is 1. The molecule has 9 heteroatoms. The van der Waals surface area contributed by atoms with E-state index in [0.717, 1.165) is 11.3 Å². The van der Waals surface area contributed by atoms with Gasteiger partial charge in [-0.3, -0.25) is 14.6 Å². The van der Waals surface area contributed by atoms with Gasteiger partial charge in [0.15, 0.2) is 5.76 Å². The highest BCUT2D eigenvalue weighted by molar-refractivity contribution is 7.13. The van der Waals surface area contributed by atoms with Gasteiger partial charge < -0.3 is 9.73 Å². The molecule has 4 rings (SSSR count). The number of furan rings is 1. The molecule has 4 heterocycles. The molecule has 0 aliphatic rings. The van der Waals surface area contributed by atoms with Gasteiger partial charge in [0.25, 0.3) is 11.5 Å². The third-order valence-corrected chi connectivity index (χ3v) is 4.85. The van der Waals surface area contributed by atoms with Crippen molar-refractivity contribution in [3.63, 3.8) is 0 Å². The second-order valence-electron chi connectivity index (χ2n) is 6.05. The van der Waals surface area contributed by atoms with E-state index in [4.69, 9.17) is 4.42 Å². The van der Waals surface area contributed by atoms with Gasteiger partial charge in [0.1, 0.15) is 11.5 Å². The largest absolute Gasteiger partial charge is 0.459 e. The van der Waals surface area contributed by atoms with Crippen molar-refractivity contribution in [1.29, 1.82) is 0 Å². The zero-order valence-corrected chi connectivity index (χ0v) is 15.8. The van der Waals surface area contributed by atoms with Crippen LogP contribution in [0.15, 0.2) is 57.3 Å². The van der Waals surface area contributed by atoms with Crippen LogP contribution in [0.4, 0.5) is 5.82 Å². The van der Waals surface area contributed by atoms with Crippen molar-refractivity contribution in [2.75, 3.05) is 5.32 Å². The van der Waals surface area contributed by atoms with Crippen LogP contribution in [0, 0.1) is 0 Å². The summed E-state index contributed by atoms with van der Waals surface area (Å²) in [6.45, 7) is 2.01. The molecule has 2 N–H and O–H groups in total. The van der Waals surface area contributed by atoms with Gasteiger partial charge in [-0.15, -0.1) is 11.3 Å². The first-order valence-corrected chi connectivity index (χ1v) is 9.61. The minimum Gasteiger partial charge on any atom is -0.459 e. The molecule has 28 heavy (non-hydrogen) atoms. The third kappa shape index (κ3) is 3.65. The summed E-state index contributed by atoms with van der Waals surface area (Å²) in [5, 5.41) is 9.27. The van der Waals surface area contributed by atoms with Crippen molar-refractivity contribution in [1.82, 2.24) is 19.7 Å². The van der Waals surface area contributed by atoms with E-state index >= 15 is 0 Å². The molecular formula is C19H17N5O3S. The van der Waals surface area contributed by atoms with Gasteiger partial charge in [-0.2, -0.15) is 9.78 Å². The van der Waals surface area contributed by atoms with Gasteiger partial charge in [0.05, 0.1) is 11.1 Å². The lowest BCUT2D eigenvalue weighted by atomic mass is 10.2. The lowest BCUT2D eigenvalue weighted by molar-refractivity contribution is 0.0996. The molecule has 0 spiro atoms. The minimum atomic E-state index is -0.420. The topological polar surface area (TPSA) is 106 Å². The highest BCUT2D eigenvalue weighted by Gasteiger charge is 2.18. The van der Waals surface area contributed by atoms with Crippen molar-refractivity contribution in [2.45, 2.75) is 19.8 Å². The average Bonchev–Trinajstić information content (AvgIpc) is 3.42. The molecule has 0 bridgehead atoms. The van der Waals surface area contributed by atoms with Crippen molar-refractivity contribution in [2.24, 2.45) is 0 Å². The van der Waals surface area contributed by atoms with Crippen molar-refractivity contribution < 1.29 is 9.21 Å². The Morgan fingerprint density at radius 2 is 2.21 bits per heavy atom. The van der Waals surface area contributed by atoms with E-state index in [1.807, 2.05) is 24.4 Å². The summed E-state index contributed by atoms with van der Waals surface area (Å²) < 4.78 is 6.58. The number of aromatic amines is 1. The van der Waals surface area contributed by atoms with Crippen molar-refractivity contribution in [3.8, 4) is 16.5 Å². The zero-order valence-electron chi connectivity index (χ0n) is 15.0. The van der Waals surface area contributed by atoms with E-state index in [9.17, 15) is 9.59 Å². The maximum atomic E-state index is 12.5. The normalized spacial score (nSPS) is 10.9. The van der Waals surface area contributed by atoms with Gasteiger partial charge in [0.2, 0.25) is 5.95 Å². The van der Waals surface area contributed by atoms with Crippen LogP contribution in [0.3, 0.4) is 0 Å². The fourth-order valence-electron chi connectivity index (χ4n) is 2.74. The molecule has 4 aromatic heterocycles. The minimum absolute atomic E-state index is 0.173. The van der Waals surface area contributed by atoms with E-state index in [1.165, 1.54) is 28.3 Å². The molecule has 1 amide bonds. The number of aromatic nitrogens is 4. The lowest BCUT2D eigenvalue weighted by Gasteiger charge is -2.08. The Balaban J connectivity index is 1.79. The third-order valence-electron chi connectivity index (χ3n) is 3.96. The number of nitrogens with zero attached hydrogens (tertiary/aromatic N) is 3. The van der Waals surface area contributed by atoms with Crippen molar-refractivity contribution in [3.05, 3.63) is 69.8 Å². The first-order chi connectivity index (χ1) is 13.6. The monoisotopic (exact) mass is 395 g/mol. The summed E-state index contributed by atoms with van der Waals surface area (Å²) >= 11 is 1.52. The van der Waals surface area contributed by atoms with E-state index in [2.05, 4.69) is 20.4 Å². The molecule has 0 aliphatic carbocycles. The van der Waals surface area contributed by atoms with Crippen LogP contribution in [0.5, 0.6) is 0 Å². The molecule has 0 atom stereocenters. The standard InChI is InChI=1S/C19H17N5O3S/c1-2-5-12-10-17(25)22-19(20-12)24-16(21-18(26)14-6-3-8-27-14)11-13(23-24)15-7-4-9-28-15/h3-4,6-11H,2,5H2,1H3,(H,21,26)(H,20,22,25). The molecular weight excluding hydrogens is 378 g/mol. The van der Waals surface area contributed by atoms with Gasteiger partial charge >= 0.3 is 0 Å². The molecule has 4 aromatic rings. The Hall–Kier alpha value is -3.46. The number of anilines is 1. The summed E-state index contributed by atoms with van der Waals surface area (Å²) in [6, 6.07) is 10.3. The van der Waals surface area contributed by atoms with Crippen LogP contribution in [0.2, 0.25) is 0 Å². The first kappa shape index (κ1) is 17.9. The SMILES string of the molecule is CCCc1cc(=O)[nH]c(-n2nc(-c3cccs3)cc2NC(=O)c2ccco2)n1. The maximum absolute atomic E-state index is 12.5. The average molecular weight is 395 g/mol. The highest BCUT2D eigenvalue weighted by Crippen LogP contribution is 2.27. The molecule has 8 nitrogen and oxygen atoms in total. The van der Waals surface area contributed by atoms with E-state index in [0.29, 0.717) is 23.6 Å². The summed E-state index contributed by atoms with van der Waals surface area (Å²) in [6.07, 6.45) is 2.96. The fourth-order valence-corrected chi connectivity index (χ4v) is 3.42. The van der Waals surface area contributed by atoms with Gasteiger partial charge in [-0.1, -0.05) is 19.4 Å². The predicted molar refractivity (Wildman–Crippen MR) is 106 cm³/mol. The molecule has 0 radical (unpaired) electrons. The van der Waals surface area contributed by atoms with Crippen LogP contribution < -0.4 is 10.9 Å². The second kappa shape index (κ2) is 7.65. The number of rotatable bonds is 6. The van der Waals surface area contributed by atoms with Crippen LogP contribution >= 0.6 is 11.3 Å². The van der Waals surface area contributed by atoms with Crippen molar-refractivity contribution >= 4 is 23.1 Å². The summed E-state index contributed by atoms with van der Waals surface area (Å²) in [5.41, 5.74) is 1.05. The van der Waals surface area contributed by atoms with Crippen LogP contribution in [0.25, 0.3) is 16.5 Å². The van der Waals surface area contributed by atoms with Crippen LogP contribution in [-0.2, 0) is 6.42 Å². The lowest BCUT2D eigenvalue weighted by Crippen LogP contribution is -2.19. The molecule has 142 valence electrons. The van der Waals surface area contributed by atoms with Crippen LogP contribution in [-0.4, -0.2) is 25.7 Å². The number of nitrogens with one attached hydrogen (secondary N) is 2. The number of amides is 1. The number of carbonyl (C=O) groups excluding carboxylic acids is 1. The molecule has 0 aliphatic heterocycles. The quantitative estimate of drug-likeness (QED) is 0.520. The Labute approximate surface area is 163 Å². The Bertz CT molecular complexity index is 1140. The summed E-state index contributed by atoms with van der Waals surface area (Å²) in [5.74, 6) is 0.373. The number of hydrogen-bond acceptors (Lipinski definition) is 6. The van der Waals surface area contributed by atoms with Gasteiger partial charge in [0, 0.05) is 17.8 Å².